The smallest absolute Gasteiger partial charge is 0.244 e. The van der Waals surface area contributed by atoms with Crippen molar-refractivity contribution in [2.45, 2.75) is 31.4 Å². The van der Waals surface area contributed by atoms with E-state index in [9.17, 15) is 4.79 Å². The largest absolute Gasteiger partial charge is 0.368 e. The number of nitrogens with zero attached hydrogens (tertiary/aromatic N) is 3. The number of aromatic nitrogens is 3. The third-order valence-electron chi connectivity index (χ3n) is 5.78. The number of hydrogen-bond acceptors (Lipinski definition) is 3. The first-order chi connectivity index (χ1) is 12.8. The number of amides is 1. The molecule has 0 atom stereocenters. The second-order valence-electron chi connectivity index (χ2n) is 7.20. The van der Waals surface area contributed by atoms with E-state index in [0.717, 1.165) is 39.0 Å². The molecule has 0 radical (unpaired) electrons. The van der Waals surface area contributed by atoms with E-state index in [-0.39, 0.29) is 11.5 Å². The van der Waals surface area contributed by atoms with Crippen molar-refractivity contribution in [2.24, 2.45) is 0 Å². The molecule has 1 N–H and O–H groups in total. The van der Waals surface area contributed by atoms with E-state index in [4.69, 9.17) is 4.74 Å². The molecule has 134 valence electrons. The van der Waals surface area contributed by atoms with Gasteiger partial charge in [0.15, 0.2) is 0 Å². The van der Waals surface area contributed by atoms with Crippen LogP contribution < -0.4 is 0 Å². The molecule has 1 amide bonds. The summed E-state index contributed by atoms with van der Waals surface area (Å²) in [6.45, 7) is 2.48. The number of rotatable bonds is 2. The van der Waals surface area contributed by atoms with Gasteiger partial charge in [0.25, 0.3) is 0 Å². The summed E-state index contributed by atoms with van der Waals surface area (Å²) >= 11 is 0. The Morgan fingerprint density at radius 3 is 2.88 bits per heavy atom. The molecule has 1 fully saturated rings. The summed E-state index contributed by atoms with van der Waals surface area (Å²) in [5.74, 6) is 0.122. The number of aromatic amines is 1. The molecule has 1 aromatic carbocycles. The van der Waals surface area contributed by atoms with Gasteiger partial charge in [-0.15, -0.1) is 0 Å². The van der Waals surface area contributed by atoms with Gasteiger partial charge in [-0.2, -0.15) is 5.10 Å². The molecule has 4 heterocycles. The van der Waals surface area contributed by atoms with Crippen molar-refractivity contribution >= 4 is 16.8 Å². The number of ether oxygens (including phenoxy) is 1. The molecule has 0 bridgehead atoms. The lowest BCUT2D eigenvalue weighted by Crippen LogP contribution is -2.49. The number of carbonyl (C=O) groups is 1. The quantitative estimate of drug-likeness (QED) is 0.772. The van der Waals surface area contributed by atoms with Gasteiger partial charge in [-0.1, -0.05) is 18.2 Å². The molecule has 5 rings (SSSR count). The van der Waals surface area contributed by atoms with Crippen LogP contribution >= 0.6 is 0 Å². The van der Waals surface area contributed by atoms with Crippen molar-refractivity contribution in [3.8, 4) is 0 Å². The minimum atomic E-state index is -0.283. The average Bonchev–Trinajstić information content (AvgIpc) is 3.31. The fraction of sp³-hybridized carbons (Fsp3) is 0.400. The highest BCUT2D eigenvalue weighted by molar-refractivity contribution is 5.85. The monoisotopic (exact) mass is 350 g/mol. The van der Waals surface area contributed by atoms with Crippen molar-refractivity contribution in [2.75, 3.05) is 19.7 Å². The Labute approximate surface area is 151 Å². The van der Waals surface area contributed by atoms with Crippen LogP contribution in [0.4, 0.5) is 0 Å². The van der Waals surface area contributed by atoms with Gasteiger partial charge in [0.2, 0.25) is 5.91 Å². The van der Waals surface area contributed by atoms with Crippen molar-refractivity contribution in [1.29, 1.82) is 0 Å². The highest BCUT2D eigenvalue weighted by atomic mass is 16.5. The molecule has 26 heavy (non-hydrogen) atoms. The molecule has 6 nitrogen and oxygen atoms in total. The Bertz CT molecular complexity index is 936. The van der Waals surface area contributed by atoms with Crippen LogP contribution in [-0.4, -0.2) is 45.3 Å². The maximum absolute atomic E-state index is 12.5. The molecule has 0 aliphatic carbocycles. The summed E-state index contributed by atoms with van der Waals surface area (Å²) in [7, 11) is 0. The van der Waals surface area contributed by atoms with Gasteiger partial charge in [0, 0.05) is 36.4 Å². The summed E-state index contributed by atoms with van der Waals surface area (Å²) < 4.78 is 7.99. The van der Waals surface area contributed by atoms with Gasteiger partial charge < -0.3 is 14.6 Å². The van der Waals surface area contributed by atoms with E-state index in [1.165, 1.54) is 22.2 Å². The number of nitrogens with one attached hydrogen (secondary N) is 1. The first kappa shape index (κ1) is 15.6. The molecule has 2 aromatic heterocycles. The summed E-state index contributed by atoms with van der Waals surface area (Å²) in [5.41, 5.74) is 3.52. The fourth-order valence-electron chi connectivity index (χ4n) is 4.41. The van der Waals surface area contributed by atoms with E-state index < -0.39 is 0 Å². The maximum Gasteiger partial charge on any atom is 0.244 e. The van der Waals surface area contributed by atoms with Gasteiger partial charge in [0.1, 0.15) is 12.1 Å². The van der Waals surface area contributed by atoms with Gasteiger partial charge in [-0.3, -0.25) is 9.48 Å². The maximum atomic E-state index is 12.5. The standard InChI is InChI=1S/C20H22N4O2/c25-18(14-24-10-3-9-21-24)23-11-7-20(8-12-23)19-16(6-13-26-20)15-4-1-2-5-17(15)22-19/h1-5,9-10,22H,6-8,11-14H2. The molecular weight excluding hydrogens is 328 g/mol. The van der Waals surface area contributed by atoms with Gasteiger partial charge >= 0.3 is 0 Å². The van der Waals surface area contributed by atoms with E-state index in [1.54, 1.807) is 10.9 Å². The van der Waals surface area contributed by atoms with Crippen molar-refractivity contribution in [3.05, 3.63) is 54.0 Å². The van der Waals surface area contributed by atoms with Crippen molar-refractivity contribution in [1.82, 2.24) is 19.7 Å². The second kappa shape index (κ2) is 5.99. The third-order valence-corrected chi connectivity index (χ3v) is 5.78. The molecular formula is C20H22N4O2. The normalized spacial score (nSPS) is 19.0. The molecule has 3 aromatic rings. The summed E-state index contributed by atoms with van der Waals surface area (Å²) in [4.78, 5) is 18.1. The minimum Gasteiger partial charge on any atom is -0.368 e. The lowest BCUT2D eigenvalue weighted by molar-refractivity contribution is -0.141. The molecule has 1 spiro atoms. The van der Waals surface area contributed by atoms with Crippen molar-refractivity contribution < 1.29 is 9.53 Å². The van der Waals surface area contributed by atoms with Crippen molar-refractivity contribution in [3.63, 3.8) is 0 Å². The molecule has 0 saturated carbocycles. The van der Waals surface area contributed by atoms with Crippen LogP contribution in [0.1, 0.15) is 24.1 Å². The van der Waals surface area contributed by atoms with E-state index in [2.05, 4.69) is 34.3 Å². The SMILES string of the molecule is O=C(Cn1cccn1)N1CCC2(CC1)OCCc1c2[nH]c2ccccc12. The van der Waals surface area contributed by atoms with Crippen LogP contribution in [-0.2, 0) is 28.1 Å². The molecule has 2 aliphatic heterocycles. The predicted molar refractivity (Wildman–Crippen MR) is 97.7 cm³/mol. The zero-order valence-corrected chi connectivity index (χ0v) is 14.6. The van der Waals surface area contributed by atoms with Crippen LogP contribution in [0, 0.1) is 0 Å². The number of piperidine rings is 1. The zero-order chi connectivity index (χ0) is 17.6. The second-order valence-corrected chi connectivity index (χ2v) is 7.20. The van der Waals surface area contributed by atoms with Crippen LogP contribution in [0.5, 0.6) is 0 Å². The molecule has 2 aliphatic rings. The first-order valence-corrected chi connectivity index (χ1v) is 9.24. The number of fused-ring (bicyclic) bond motifs is 4. The molecule has 6 heteroatoms. The Morgan fingerprint density at radius 2 is 2.08 bits per heavy atom. The predicted octanol–water partition coefficient (Wildman–Crippen LogP) is 2.46. The Morgan fingerprint density at radius 1 is 1.23 bits per heavy atom. The number of carbonyl (C=O) groups excluding carboxylic acids is 1. The third kappa shape index (κ3) is 2.44. The summed E-state index contributed by atoms with van der Waals surface area (Å²) in [6, 6.07) is 10.3. The lowest BCUT2D eigenvalue weighted by atomic mass is 9.83. The van der Waals surface area contributed by atoms with E-state index >= 15 is 0 Å². The van der Waals surface area contributed by atoms with Gasteiger partial charge in [0.05, 0.1) is 12.3 Å². The Hall–Kier alpha value is -2.60. The zero-order valence-electron chi connectivity index (χ0n) is 14.6. The van der Waals surface area contributed by atoms with E-state index in [0.29, 0.717) is 6.54 Å². The number of para-hydroxylation sites is 1. The Kier molecular flexibility index (Phi) is 3.60. The average molecular weight is 350 g/mol. The van der Waals surface area contributed by atoms with E-state index in [1.807, 2.05) is 17.2 Å². The topological polar surface area (TPSA) is 63.1 Å². The highest BCUT2D eigenvalue weighted by Gasteiger charge is 2.43. The van der Waals surface area contributed by atoms with Crippen LogP contribution in [0.2, 0.25) is 0 Å². The summed E-state index contributed by atoms with van der Waals surface area (Å²) in [5, 5.41) is 5.44. The minimum absolute atomic E-state index is 0.122. The van der Waals surface area contributed by atoms with Crippen LogP contribution in [0.25, 0.3) is 10.9 Å². The lowest BCUT2D eigenvalue weighted by Gasteiger charge is -2.43. The number of likely N-dealkylation sites (tertiary alicyclic amines) is 1. The number of benzene rings is 1. The number of H-pyrrole nitrogens is 1. The van der Waals surface area contributed by atoms with Gasteiger partial charge in [-0.25, -0.2) is 0 Å². The summed E-state index contributed by atoms with van der Waals surface area (Å²) in [6.07, 6.45) is 6.13. The fourth-order valence-corrected chi connectivity index (χ4v) is 4.41. The first-order valence-electron chi connectivity index (χ1n) is 9.24. The highest BCUT2D eigenvalue weighted by Crippen LogP contribution is 2.43. The van der Waals surface area contributed by atoms with Crippen LogP contribution in [0.15, 0.2) is 42.7 Å². The molecule has 1 saturated heterocycles. The Balaban J connectivity index is 1.37. The van der Waals surface area contributed by atoms with Gasteiger partial charge in [-0.05, 0) is 37.0 Å². The number of hydrogen-bond donors (Lipinski definition) is 1. The molecule has 0 unspecified atom stereocenters. The van der Waals surface area contributed by atoms with Crippen LogP contribution in [0.3, 0.4) is 0 Å².